The van der Waals surface area contributed by atoms with Crippen molar-refractivity contribution in [3.05, 3.63) is 59.1 Å². The van der Waals surface area contributed by atoms with Crippen molar-refractivity contribution in [2.75, 3.05) is 49.5 Å². The molecule has 2 aliphatic heterocycles. The molecule has 162 valence electrons. The van der Waals surface area contributed by atoms with Crippen molar-refractivity contribution in [2.24, 2.45) is 5.92 Å². The summed E-state index contributed by atoms with van der Waals surface area (Å²) in [5, 5.41) is 2.89. The number of benzene rings is 2. The number of halogens is 1. The molecule has 2 heterocycles. The van der Waals surface area contributed by atoms with Crippen LogP contribution in [-0.4, -0.2) is 66.8 Å². The molecule has 2 fully saturated rings. The molecule has 0 saturated carbocycles. The molecule has 0 aliphatic carbocycles. The highest BCUT2D eigenvalue weighted by atomic mass is 79.9. The van der Waals surface area contributed by atoms with Gasteiger partial charge in [0.25, 0.3) is 0 Å². The number of piperazine rings is 1. The maximum atomic E-state index is 13.0. The van der Waals surface area contributed by atoms with Gasteiger partial charge in [-0.1, -0.05) is 40.2 Å². The van der Waals surface area contributed by atoms with Crippen molar-refractivity contribution in [3.63, 3.8) is 0 Å². The zero-order chi connectivity index (χ0) is 21.8. The largest absolute Gasteiger partial charge is 0.340 e. The third-order valence-corrected chi connectivity index (χ3v) is 6.20. The number of hydrogen-bond donors (Lipinski definition) is 1. The number of carbonyl (C=O) groups excluding carboxylic acids is 3. The molecule has 2 aromatic rings. The molecule has 3 amide bonds. The minimum Gasteiger partial charge on any atom is -0.340 e. The predicted molar refractivity (Wildman–Crippen MR) is 123 cm³/mol. The van der Waals surface area contributed by atoms with Crippen LogP contribution >= 0.6 is 15.9 Å². The Morgan fingerprint density at radius 1 is 1.00 bits per heavy atom. The van der Waals surface area contributed by atoms with Crippen LogP contribution in [-0.2, 0) is 14.4 Å². The molecule has 0 spiro atoms. The van der Waals surface area contributed by atoms with Crippen molar-refractivity contribution >= 4 is 45.0 Å². The van der Waals surface area contributed by atoms with Gasteiger partial charge in [-0.2, -0.15) is 0 Å². The van der Waals surface area contributed by atoms with Crippen molar-refractivity contribution in [1.29, 1.82) is 0 Å². The highest BCUT2D eigenvalue weighted by molar-refractivity contribution is 9.10. The monoisotopic (exact) mass is 484 g/mol. The molecule has 2 aromatic carbocycles. The highest BCUT2D eigenvalue weighted by Gasteiger charge is 2.38. The molecular formula is C23H25BrN4O3. The second-order valence-electron chi connectivity index (χ2n) is 7.90. The number of carbonyl (C=O) groups is 3. The van der Waals surface area contributed by atoms with Crippen LogP contribution in [0.2, 0.25) is 0 Å². The van der Waals surface area contributed by atoms with Crippen molar-refractivity contribution in [3.8, 4) is 0 Å². The van der Waals surface area contributed by atoms with Gasteiger partial charge in [0.15, 0.2) is 0 Å². The SMILES string of the molecule is O=C(CN1CCN(C(=O)C2CC(=O)N(c3cccc(Br)c3)C2)CC1)Nc1ccccc1. The minimum atomic E-state index is -0.320. The Bertz CT molecular complexity index is 960. The first-order valence-electron chi connectivity index (χ1n) is 10.4. The smallest absolute Gasteiger partial charge is 0.238 e. The normalized spacial score (nSPS) is 19.5. The number of nitrogens with zero attached hydrogens (tertiary/aromatic N) is 3. The van der Waals surface area contributed by atoms with E-state index in [4.69, 9.17) is 0 Å². The molecule has 0 aromatic heterocycles. The van der Waals surface area contributed by atoms with Gasteiger partial charge in [0, 0.05) is 55.0 Å². The third-order valence-electron chi connectivity index (χ3n) is 5.70. The summed E-state index contributed by atoms with van der Waals surface area (Å²) in [5.74, 6) is -0.372. The number of para-hydroxylation sites is 1. The van der Waals surface area contributed by atoms with Gasteiger partial charge in [0.05, 0.1) is 12.5 Å². The molecule has 1 unspecified atom stereocenters. The molecule has 1 atom stereocenters. The molecule has 7 nitrogen and oxygen atoms in total. The maximum Gasteiger partial charge on any atom is 0.238 e. The van der Waals surface area contributed by atoms with Gasteiger partial charge in [0.1, 0.15) is 0 Å². The molecule has 2 saturated heterocycles. The Kier molecular flexibility index (Phi) is 6.67. The van der Waals surface area contributed by atoms with Gasteiger partial charge in [-0.05, 0) is 30.3 Å². The van der Waals surface area contributed by atoms with E-state index in [1.54, 1.807) is 4.90 Å². The lowest BCUT2D eigenvalue weighted by Crippen LogP contribution is -2.52. The maximum absolute atomic E-state index is 13.0. The van der Waals surface area contributed by atoms with E-state index in [1.807, 2.05) is 59.5 Å². The lowest BCUT2D eigenvalue weighted by atomic mass is 10.1. The van der Waals surface area contributed by atoms with E-state index in [0.29, 0.717) is 39.3 Å². The number of nitrogens with one attached hydrogen (secondary N) is 1. The Balaban J connectivity index is 1.26. The van der Waals surface area contributed by atoms with Crippen LogP contribution in [0, 0.1) is 5.92 Å². The van der Waals surface area contributed by atoms with Crippen LogP contribution in [0.5, 0.6) is 0 Å². The van der Waals surface area contributed by atoms with E-state index in [2.05, 4.69) is 26.1 Å². The van der Waals surface area contributed by atoms with E-state index in [-0.39, 0.29) is 30.1 Å². The molecule has 8 heteroatoms. The molecule has 1 N–H and O–H groups in total. The van der Waals surface area contributed by atoms with E-state index < -0.39 is 0 Å². The molecule has 0 radical (unpaired) electrons. The van der Waals surface area contributed by atoms with Gasteiger partial charge in [-0.15, -0.1) is 0 Å². The summed E-state index contributed by atoms with van der Waals surface area (Å²) in [5.41, 5.74) is 1.59. The first-order chi connectivity index (χ1) is 15.0. The average Bonchev–Trinajstić information content (AvgIpc) is 3.16. The third kappa shape index (κ3) is 5.32. The van der Waals surface area contributed by atoms with E-state index >= 15 is 0 Å². The van der Waals surface area contributed by atoms with Crippen LogP contribution < -0.4 is 10.2 Å². The quantitative estimate of drug-likeness (QED) is 0.707. The van der Waals surface area contributed by atoms with Gasteiger partial charge in [0.2, 0.25) is 17.7 Å². The fourth-order valence-corrected chi connectivity index (χ4v) is 4.46. The second-order valence-corrected chi connectivity index (χ2v) is 8.82. The lowest BCUT2D eigenvalue weighted by Gasteiger charge is -2.35. The summed E-state index contributed by atoms with van der Waals surface area (Å²) >= 11 is 3.43. The van der Waals surface area contributed by atoms with Crippen LogP contribution in [0.1, 0.15) is 6.42 Å². The van der Waals surface area contributed by atoms with Crippen LogP contribution in [0.4, 0.5) is 11.4 Å². The highest BCUT2D eigenvalue weighted by Crippen LogP contribution is 2.28. The van der Waals surface area contributed by atoms with Gasteiger partial charge in [-0.3, -0.25) is 19.3 Å². The van der Waals surface area contributed by atoms with E-state index in [0.717, 1.165) is 15.8 Å². The van der Waals surface area contributed by atoms with Crippen molar-refractivity contribution in [1.82, 2.24) is 9.80 Å². The lowest BCUT2D eigenvalue weighted by molar-refractivity contribution is -0.137. The van der Waals surface area contributed by atoms with Crippen molar-refractivity contribution in [2.45, 2.75) is 6.42 Å². The predicted octanol–water partition coefficient (Wildman–Crippen LogP) is 2.58. The second kappa shape index (κ2) is 9.62. The van der Waals surface area contributed by atoms with Crippen LogP contribution in [0.3, 0.4) is 0 Å². The fraction of sp³-hybridized carbons (Fsp3) is 0.348. The summed E-state index contributed by atoms with van der Waals surface area (Å²) in [6.07, 6.45) is 0.241. The first-order valence-corrected chi connectivity index (χ1v) is 11.2. The summed E-state index contributed by atoms with van der Waals surface area (Å²) in [6.45, 7) is 3.13. The first kappa shape index (κ1) is 21.5. The Morgan fingerprint density at radius 2 is 1.74 bits per heavy atom. The zero-order valence-corrected chi connectivity index (χ0v) is 18.8. The van der Waals surface area contributed by atoms with Gasteiger partial charge < -0.3 is 15.1 Å². The van der Waals surface area contributed by atoms with Gasteiger partial charge in [-0.25, -0.2) is 0 Å². The summed E-state index contributed by atoms with van der Waals surface area (Å²) < 4.78 is 0.903. The zero-order valence-electron chi connectivity index (χ0n) is 17.2. The summed E-state index contributed by atoms with van der Waals surface area (Å²) in [4.78, 5) is 43.3. The van der Waals surface area contributed by atoms with Gasteiger partial charge >= 0.3 is 0 Å². The molecule has 4 rings (SSSR count). The standard InChI is InChI=1S/C23H25BrN4O3/c24-18-5-4-8-20(14-18)28-15-17(13-22(28)30)23(31)27-11-9-26(10-12-27)16-21(29)25-19-6-2-1-3-7-19/h1-8,14,17H,9-13,15-16H2,(H,25,29). The van der Waals surface area contributed by atoms with E-state index in [9.17, 15) is 14.4 Å². The summed E-state index contributed by atoms with van der Waals surface area (Å²) in [7, 11) is 0. The fourth-order valence-electron chi connectivity index (χ4n) is 4.08. The Morgan fingerprint density at radius 3 is 2.45 bits per heavy atom. The van der Waals surface area contributed by atoms with Crippen molar-refractivity contribution < 1.29 is 14.4 Å². The Hall–Kier alpha value is -2.71. The number of rotatable bonds is 5. The summed E-state index contributed by atoms with van der Waals surface area (Å²) in [6, 6.07) is 16.9. The number of amides is 3. The number of anilines is 2. The molecule has 0 bridgehead atoms. The van der Waals surface area contributed by atoms with Crippen LogP contribution in [0.25, 0.3) is 0 Å². The molecule has 2 aliphatic rings. The minimum absolute atomic E-state index is 0.0207. The topological polar surface area (TPSA) is 73.0 Å². The number of hydrogen-bond acceptors (Lipinski definition) is 4. The molecule has 31 heavy (non-hydrogen) atoms. The van der Waals surface area contributed by atoms with E-state index in [1.165, 1.54) is 0 Å². The molecular weight excluding hydrogens is 460 g/mol. The Labute approximate surface area is 190 Å². The van der Waals surface area contributed by atoms with Crippen LogP contribution in [0.15, 0.2) is 59.1 Å². The average molecular weight is 485 g/mol.